The fourth-order valence-corrected chi connectivity index (χ4v) is 4.43. The molecule has 0 spiro atoms. The maximum absolute atomic E-state index is 14.3. The fourth-order valence-electron chi connectivity index (χ4n) is 4.43. The van der Waals surface area contributed by atoms with Gasteiger partial charge in [0.25, 0.3) is 0 Å². The molecule has 2 heterocycles. The third kappa shape index (κ3) is 4.78. The maximum atomic E-state index is 14.3. The number of fused-ring (bicyclic) bond motifs is 1. The molecule has 32 heavy (non-hydrogen) atoms. The fraction of sp³-hybridized carbons (Fsp3) is 0.400. The molecule has 1 aliphatic heterocycles. The van der Waals surface area contributed by atoms with Crippen molar-refractivity contribution in [3.05, 3.63) is 70.9 Å². The van der Waals surface area contributed by atoms with E-state index in [-0.39, 0.29) is 18.6 Å². The lowest BCUT2D eigenvalue weighted by molar-refractivity contribution is 0.126. The number of hydrogen-bond acceptors (Lipinski definition) is 2. The van der Waals surface area contributed by atoms with Gasteiger partial charge in [-0.2, -0.15) is 0 Å². The highest BCUT2D eigenvalue weighted by molar-refractivity contribution is 5.82. The largest absolute Gasteiger partial charge is 0.348 e. The summed E-state index contributed by atoms with van der Waals surface area (Å²) in [4.78, 5) is 17.1. The number of aryl methyl sites for hydroxylation is 2. The lowest BCUT2D eigenvalue weighted by atomic mass is 10.0. The molecule has 0 bridgehead atoms. The van der Waals surface area contributed by atoms with E-state index in [1.807, 2.05) is 13.1 Å². The van der Waals surface area contributed by atoms with Crippen LogP contribution in [0.3, 0.4) is 0 Å². The number of hydrogen-bond donors (Lipinski definition) is 1. The van der Waals surface area contributed by atoms with Gasteiger partial charge in [0.1, 0.15) is 11.6 Å². The molecule has 3 aromatic rings. The molecule has 0 saturated carbocycles. The second-order valence-electron chi connectivity index (χ2n) is 8.79. The van der Waals surface area contributed by atoms with Crippen molar-refractivity contribution in [2.24, 2.45) is 7.05 Å². The van der Waals surface area contributed by atoms with Crippen LogP contribution in [-0.2, 0) is 20.1 Å². The number of carbonyl (C=O) groups is 1. The average molecular weight is 441 g/mol. The minimum absolute atomic E-state index is 0.00917. The molecule has 1 N–H and O–H groups in total. The molecule has 1 saturated heterocycles. The van der Waals surface area contributed by atoms with Gasteiger partial charge >= 0.3 is 6.03 Å². The summed E-state index contributed by atoms with van der Waals surface area (Å²) >= 11 is 0. The normalized spacial score (nSPS) is 15.3. The lowest BCUT2D eigenvalue weighted by Crippen LogP contribution is -2.49. The molecule has 0 radical (unpaired) electrons. The maximum Gasteiger partial charge on any atom is 0.318 e. The number of likely N-dealkylation sites (tertiary alicyclic amines) is 1. The van der Waals surface area contributed by atoms with E-state index >= 15 is 0 Å². The number of benzene rings is 2. The summed E-state index contributed by atoms with van der Waals surface area (Å²) in [6.07, 6.45) is 1.64. The van der Waals surface area contributed by atoms with Gasteiger partial charge < -0.3 is 19.7 Å². The second-order valence-corrected chi connectivity index (χ2v) is 8.79. The van der Waals surface area contributed by atoms with E-state index in [1.165, 1.54) is 17.8 Å². The molecule has 4 rings (SSSR count). The molecule has 5 nitrogen and oxygen atoms in total. The first-order valence-electron chi connectivity index (χ1n) is 11.0. The number of halogens is 2. The van der Waals surface area contributed by atoms with E-state index in [4.69, 9.17) is 0 Å². The average Bonchev–Trinajstić information content (AvgIpc) is 3.05. The number of urea groups is 1. The van der Waals surface area contributed by atoms with Crippen LogP contribution in [0, 0.1) is 18.6 Å². The number of piperidine rings is 1. The van der Waals surface area contributed by atoms with Crippen molar-refractivity contribution in [3.8, 4) is 0 Å². The predicted molar refractivity (Wildman–Crippen MR) is 122 cm³/mol. The lowest BCUT2D eigenvalue weighted by Gasteiger charge is -2.37. The van der Waals surface area contributed by atoms with Gasteiger partial charge in [-0.15, -0.1) is 0 Å². The number of amides is 2. The van der Waals surface area contributed by atoms with Crippen LogP contribution in [-0.4, -0.2) is 46.6 Å². The van der Waals surface area contributed by atoms with E-state index < -0.39 is 11.6 Å². The molecule has 7 heteroatoms. The number of nitrogens with zero attached hydrogens (tertiary/aromatic N) is 3. The SMILES string of the molecule is Cc1cc2cc(CNC(=O)N(Cc3ccc(F)cc3F)C3CCN(C)CC3)ccc2n1C. The van der Waals surface area contributed by atoms with Gasteiger partial charge in [0.05, 0.1) is 6.54 Å². The molecule has 0 unspecified atom stereocenters. The Balaban J connectivity index is 1.50. The molecule has 1 aliphatic rings. The summed E-state index contributed by atoms with van der Waals surface area (Å²) in [6, 6.07) is 11.6. The van der Waals surface area contributed by atoms with Crippen LogP contribution in [0.2, 0.25) is 0 Å². The predicted octanol–water partition coefficient (Wildman–Crippen LogP) is 4.57. The molecule has 170 valence electrons. The number of nitrogens with one attached hydrogen (secondary N) is 1. The van der Waals surface area contributed by atoms with Gasteiger partial charge in [0, 0.05) is 47.9 Å². The quantitative estimate of drug-likeness (QED) is 0.631. The summed E-state index contributed by atoms with van der Waals surface area (Å²) < 4.78 is 29.8. The van der Waals surface area contributed by atoms with E-state index in [0.29, 0.717) is 12.1 Å². The number of carbonyl (C=O) groups excluding carboxylic acids is 1. The van der Waals surface area contributed by atoms with Gasteiger partial charge in [-0.3, -0.25) is 0 Å². The van der Waals surface area contributed by atoms with Crippen molar-refractivity contribution in [1.82, 2.24) is 19.7 Å². The summed E-state index contributed by atoms with van der Waals surface area (Å²) in [7, 11) is 4.09. The van der Waals surface area contributed by atoms with Crippen LogP contribution >= 0.6 is 0 Å². The minimum Gasteiger partial charge on any atom is -0.348 e. The topological polar surface area (TPSA) is 40.5 Å². The highest BCUT2D eigenvalue weighted by Crippen LogP contribution is 2.22. The van der Waals surface area contributed by atoms with Crippen LogP contribution in [0.5, 0.6) is 0 Å². The Hall–Kier alpha value is -2.93. The Kier molecular flexibility index (Phi) is 6.46. The summed E-state index contributed by atoms with van der Waals surface area (Å²) in [5.41, 5.74) is 3.66. The molecule has 1 aromatic heterocycles. The molecular formula is C25H30F2N4O. The highest BCUT2D eigenvalue weighted by Gasteiger charge is 2.28. The zero-order valence-electron chi connectivity index (χ0n) is 18.9. The summed E-state index contributed by atoms with van der Waals surface area (Å²) in [5, 5.41) is 4.15. The highest BCUT2D eigenvalue weighted by atomic mass is 19.1. The Morgan fingerprint density at radius 3 is 2.56 bits per heavy atom. The van der Waals surface area contributed by atoms with Gasteiger partial charge in [-0.05, 0) is 69.7 Å². The van der Waals surface area contributed by atoms with Crippen LogP contribution in [0.25, 0.3) is 10.9 Å². The van der Waals surface area contributed by atoms with Crippen LogP contribution in [0.4, 0.5) is 13.6 Å². The molecular weight excluding hydrogens is 410 g/mol. The molecule has 2 aromatic carbocycles. The first-order chi connectivity index (χ1) is 15.3. The monoisotopic (exact) mass is 440 g/mol. The number of aromatic nitrogens is 1. The summed E-state index contributed by atoms with van der Waals surface area (Å²) in [6.45, 7) is 4.32. The number of rotatable bonds is 5. The van der Waals surface area contributed by atoms with E-state index in [2.05, 4.69) is 47.0 Å². The van der Waals surface area contributed by atoms with Gasteiger partial charge in [-0.25, -0.2) is 13.6 Å². The minimum atomic E-state index is -0.624. The van der Waals surface area contributed by atoms with Gasteiger partial charge in [0.15, 0.2) is 0 Å². The molecule has 1 fully saturated rings. The smallest absolute Gasteiger partial charge is 0.318 e. The Labute approximate surface area is 187 Å². The van der Waals surface area contributed by atoms with Crippen molar-refractivity contribution in [2.45, 2.75) is 38.9 Å². The Morgan fingerprint density at radius 2 is 1.84 bits per heavy atom. The van der Waals surface area contributed by atoms with Crippen molar-refractivity contribution in [1.29, 1.82) is 0 Å². The van der Waals surface area contributed by atoms with Crippen LogP contribution in [0.1, 0.15) is 29.7 Å². The zero-order chi connectivity index (χ0) is 22.8. The van der Waals surface area contributed by atoms with Crippen LogP contribution < -0.4 is 5.32 Å². The molecule has 0 aliphatic carbocycles. The van der Waals surface area contributed by atoms with E-state index in [1.54, 1.807) is 4.90 Å². The first kappa shape index (κ1) is 22.3. The van der Waals surface area contributed by atoms with Crippen LogP contribution in [0.15, 0.2) is 42.5 Å². The van der Waals surface area contributed by atoms with Crippen molar-refractivity contribution < 1.29 is 13.6 Å². The molecule has 2 amide bonds. The van der Waals surface area contributed by atoms with Crippen molar-refractivity contribution in [2.75, 3.05) is 20.1 Å². The van der Waals surface area contributed by atoms with Gasteiger partial charge in [-0.1, -0.05) is 12.1 Å². The third-order valence-electron chi connectivity index (χ3n) is 6.54. The van der Waals surface area contributed by atoms with Gasteiger partial charge in [0.2, 0.25) is 0 Å². The second kappa shape index (κ2) is 9.28. The first-order valence-corrected chi connectivity index (χ1v) is 11.0. The Morgan fingerprint density at radius 1 is 1.09 bits per heavy atom. The zero-order valence-corrected chi connectivity index (χ0v) is 18.9. The van der Waals surface area contributed by atoms with Crippen molar-refractivity contribution in [3.63, 3.8) is 0 Å². The van der Waals surface area contributed by atoms with Crippen molar-refractivity contribution >= 4 is 16.9 Å². The standard InChI is InChI=1S/C25H30F2N4O/c1-17-12-20-13-18(4-7-24(20)30(17)3)15-28-25(32)31(22-8-10-29(2)11-9-22)16-19-5-6-21(26)14-23(19)27/h4-7,12-14,22H,8-11,15-16H2,1-3H3,(H,28,32). The molecule has 0 atom stereocenters. The Bertz CT molecular complexity index is 1120. The van der Waals surface area contributed by atoms with E-state index in [0.717, 1.165) is 48.5 Å². The summed E-state index contributed by atoms with van der Waals surface area (Å²) in [5.74, 6) is -1.24. The van der Waals surface area contributed by atoms with E-state index in [9.17, 15) is 13.6 Å². The third-order valence-corrected chi connectivity index (χ3v) is 6.54.